The minimum absolute atomic E-state index is 0.223. The minimum atomic E-state index is -0.775. The normalized spacial score (nSPS) is 10.1. The molecule has 168 valence electrons. The summed E-state index contributed by atoms with van der Waals surface area (Å²) in [4.78, 5) is 47.3. The molecule has 3 N–H and O–H groups in total. The van der Waals surface area contributed by atoms with Crippen molar-refractivity contribution >= 4 is 36.1 Å². The van der Waals surface area contributed by atoms with E-state index in [2.05, 4.69) is 30.9 Å². The van der Waals surface area contributed by atoms with E-state index in [1.165, 1.54) is 0 Å². The van der Waals surface area contributed by atoms with Gasteiger partial charge in [0.25, 0.3) is 0 Å². The topological polar surface area (TPSA) is 154 Å². The number of hydrogen-bond donors (Lipinski definition) is 3. The van der Waals surface area contributed by atoms with Crippen LogP contribution in [0.3, 0.4) is 0 Å². The minimum Gasteiger partial charge on any atom is -0.449 e. The number of rotatable bonds is 12. The van der Waals surface area contributed by atoms with E-state index in [0.29, 0.717) is 19.3 Å². The van der Waals surface area contributed by atoms with Crippen LogP contribution in [0.4, 0.5) is 32.2 Å². The van der Waals surface area contributed by atoms with Gasteiger partial charge in [0, 0.05) is 0 Å². The van der Waals surface area contributed by atoms with E-state index in [0.717, 1.165) is 19.3 Å². The van der Waals surface area contributed by atoms with Gasteiger partial charge in [0.1, 0.15) is 0 Å². The number of aromatic nitrogens is 3. The van der Waals surface area contributed by atoms with Crippen LogP contribution in [0.5, 0.6) is 0 Å². The molecule has 0 aliphatic carbocycles. The molecule has 0 saturated heterocycles. The van der Waals surface area contributed by atoms with Crippen LogP contribution in [-0.2, 0) is 14.2 Å². The number of anilines is 3. The largest absolute Gasteiger partial charge is 0.449 e. The Morgan fingerprint density at radius 3 is 1.10 bits per heavy atom. The zero-order chi connectivity index (χ0) is 22.2. The summed E-state index contributed by atoms with van der Waals surface area (Å²) >= 11 is 0. The molecule has 0 radical (unpaired) electrons. The van der Waals surface area contributed by atoms with Gasteiger partial charge in [-0.15, -0.1) is 0 Å². The van der Waals surface area contributed by atoms with E-state index < -0.39 is 18.3 Å². The molecule has 30 heavy (non-hydrogen) atoms. The molecule has 3 amide bonds. The zero-order valence-electron chi connectivity index (χ0n) is 17.7. The summed E-state index contributed by atoms with van der Waals surface area (Å²) in [6.07, 6.45) is 2.38. The fraction of sp³-hybridized carbons (Fsp3) is 0.667. The number of carbonyl (C=O) groups excluding carboxylic acids is 3. The van der Waals surface area contributed by atoms with Gasteiger partial charge in [-0.25, -0.2) is 14.4 Å². The second-order valence-electron chi connectivity index (χ2n) is 6.15. The Bertz CT molecular complexity index is 584. The second-order valence-corrected chi connectivity index (χ2v) is 6.15. The fourth-order valence-corrected chi connectivity index (χ4v) is 1.85. The highest BCUT2D eigenvalue weighted by Crippen LogP contribution is 2.11. The first kappa shape index (κ1) is 24.9. The van der Waals surface area contributed by atoms with Gasteiger partial charge in [-0.1, -0.05) is 40.0 Å². The number of ether oxygens (including phenoxy) is 3. The van der Waals surface area contributed by atoms with Crippen molar-refractivity contribution in [2.75, 3.05) is 35.8 Å². The third kappa shape index (κ3) is 11.0. The second kappa shape index (κ2) is 14.8. The quantitative estimate of drug-likeness (QED) is 0.333. The monoisotopic (exact) mass is 426 g/mol. The molecule has 0 aliphatic rings. The molecule has 0 bridgehead atoms. The van der Waals surface area contributed by atoms with Crippen LogP contribution in [0.1, 0.15) is 59.3 Å². The van der Waals surface area contributed by atoms with Crippen molar-refractivity contribution < 1.29 is 28.6 Å². The molecule has 0 spiro atoms. The molecule has 0 saturated carbocycles. The lowest BCUT2D eigenvalue weighted by molar-refractivity contribution is 0.159. The maximum Gasteiger partial charge on any atom is 0.414 e. The molecule has 0 aliphatic heterocycles. The van der Waals surface area contributed by atoms with Crippen molar-refractivity contribution in [3.8, 4) is 0 Å². The van der Waals surface area contributed by atoms with Crippen molar-refractivity contribution in [3.63, 3.8) is 0 Å². The van der Waals surface area contributed by atoms with E-state index in [4.69, 9.17) is 14.2 Å². The number of nitrogens with one attached hydrogen (secondary N) is 3. The van der Waals surface area contributed by atoms with Crippen LogP contribution in [0, 0.1) is 0 Å². The SMILES string of the molecule is CCCCOC(=O)Nc1nc(NC(=O)OCCCC)nc(NC(=O)OCCCC)n1. The number of unbranched alkanes of at least 4 members (excludes halogenated alkanes) is 3. The van der Waals surface area contributed by atoms with Crippen LogP contribution in [0.15, 0.2) is 0 Å². The van der Waals surface area contributed by atoms with Crippen molar-refractivity contribution in [2.24, 2.45) is 0 Å². The van der Waals surface area contributed by atoms with Gasteiger partial charge in [0.15, 0.2) is 0 Å². The summed E-state index contributed by atoms with van der Waals surface area (Å²) in [5.41, 5.74) is 0. The Balaban J connectivity index is 2.84. The molecule has 0 aromatic carbocycles. The van der Waals surface area contributed by atoms with E-state index >= 15 is 0 Å². The third-order valence-electron chi connectivity index (χ3n) is 3.47. The Kier molecular flexibility index (Phi) is 12.2. The average molecular weight is 426 g/mol. The number of nitrogens with zero attached hydrogens (tertiary/aromatic N) is 3. The van der Waals surface area contributed by atoms with E-state index in [1.807, 2.05) is 20.8 Å². The number of amides is 3. The Morgan fingerprint density at radius 2 is 0.867 bits per heavy atom. The van der Waals surface area contributed by atoms with Crippen molar-refractivity contribution in [2.45, 2.75) is 59.3 Å². The smallest absolute Gasteiger partial charge is 0.414 e. The molecule has 1 heterocycles. The van der Waals surface area contributed by atoms with Gasteiger partial charge in [-0.05, 0) is 19.3 Å². The summed E-state index contributed by atoms with van der Waals surface area (Å²) in [6.45, 7) is 6.58. The predicted molar refractivity (Wildman–Crippen MR) is 109 cm³/mol. The van der Waals surface area contributed by atoms with Crippen LogP contribution in [-0.4, -0.2) is 53.1 Å². The summed E-state index contributed by atoms with van der Waals surface area (Å²) in [5, 5.41) is 6.98. The average Bonchev–Trinajstić information content (AvgIpc) is 2.68. The molecule has 0 unspecified atom stereocenters. The molecular weight excluding hydrogens is 396 g/mol. The Labute approximate surface area is 175 Å². The zero-order valence-corrected chi connectivity index (χ0v) is 17.7. The van der Waals surface area contributed by atoms with Gasteiger partial charge >= 0.3 is 18.3 Å². The summed E-state index contributed by atoms with van der Waals surface area (Å²) < 4.78 is 15.0. The van der Waals surface area contributed by atoms with E-state index in [1.54, 1.807) is 0 Å². The molecule has 1 aromatic heterocycles. The summed E-state index contributed by atoms with van der Waals surface area (Å²) in [6, 6.07) is 0. The van der Waals surface area contributed by atoms with Gasteiger partial charge in [0.2, 0.25) is 17.8 Å². The highest BCUT2D eigenvalue weighted by atomic mass is 16.6. The lowest BCUT2D eigenvalue weighted by Gasteiger charge is -2.10. The molecular formula is C18H30N6O6. The maximum atomic E-state index is 11.8. The summed E-state index contributed by atoms with van der Waals surface area (Å²) in [5.74, 6) is -0.669. The van der Waals surface area contributed by atoms with Crippen molar-refractivity contribution in [1.29, 1.82) is 0 Å². The van der Waals surface area contributed by atoms with Crippen molar-refractivity contribution in [3.05, 3.63) is 0 Å². The maximum absolute atomic E-state index is 11.8. The van der Waals surface area contributed by atoms with Gasteiger partial charge < -0.3 is 14.2 Å². The first-order chi connectivity index (χ1) is 14.5. The fourth-order valence-electron chi connectivity index (χ4n) is 1.85. The molecule has 12 nitrogen and oxygen atoms in total. The first-order valence-electron chi connectivity index (χ1n) is 10.1. The van der Waals surface area contributed by atoms with Gasteiger partial charge in [-0.3, -0.25) is 16.0 Å². The third-order valence-corrected chi connectivity index (χ3v) is 3.47. The highest BCUT2D eigenvalue weighted by Gasteiger charge is 2.15. The van der Waals surface area contributed by atoms with Crippen LogP contribution in [0.2, 0.25) is 0 Å². The number of carbonyl (C=O) groups is 3. The Morgan fingerprint density at radius 1 is 0.600 bits per heavy atom. The van der Waals surface area contributed by atoms with E-state index in [-0.39, 0.29) is 37.7 Å². The highest BCUT2D eigenvalue weighted by molar-refractivity contribution is 5.86. The number of hydrogen-bond acceptors (Lipinski definition) is 9. The predicted octanol–water partition coefficient (Wildman–Crippen LogP) is 3.92. The van der Waals surface area contributed by atoms with Gasteiger partial charge in [0.05, 0.1) is 19.8 Å². The Hall–Kier alpha value is -3.18. The standard InChI is InChI=1S/C18H30N6O6/c1-4-7-10-28-16(25)22-13-19-14(23-17(26)29-11-8-5-2)21-15(20-13)24-18(27)30-12-9-6-3/h4-12H2,1-3H3,(H3,19,20,21,22,23,24,25,26,27). The van der Waals surface area contributed by atoms with Crippen LogP contribution >= 0.6 is 0 Å². The van der Waals surface area contributed by atoms with E-state index in [9.17, 15) is 14.4 Å². The lowest BCUT2D eigenvalue weighted by atomic mass is 10.4. The van der Waals surface area contributed by atoms with Crippen LogP contribution in [0.25, 0.3) is 0 Å². The molecule has 0 fully saturated rings. The van der Waals surface area contributed by atoms with Crippen molar-refractivity contribution in [1.82, 2.24) is 15.0 Å². The first-order valence-corrected chi connectivity index (χ1v) is 10.1. The molecule has 1 rings (SSSR count). The molecule has 1 aromatic rings. The summed E-state index contributed by atoms with van der Waals surface area (Å²) in [7, 11) is 0. The lowest BCUT2D eigenvalue weighted by Crippen LogP contribution is -2.22. The van der Waals surface area contributed by atoms with Gasteiger partial charge in [-0.2, -0.15) is 15.0 Å². The molecule has 12 heteroatoms. The molecule has 0 atom stereocenters. The van der Waals surface area contributed by atoms with Crippen LogP contribution < -0.4 is 16.0 Å².